The standard InChI is InChI=1S/C19H23N3O3S/c23-19(16-4-3-5-17(14-16)20-7-1-2-8-20)22-11-9-21(10-12-22)18-6-13-26(24,25)15-18/h1-5,7-8,14,18H,6,9-13,15H2/t18-/m0/s1. The van der Waals surface area contributed by atoms with Crippen molar-refractivity contribution in [2.45, 2.75) is 12.5 Å². The molecule has 138 valence electrons. The topological polar surface area (TPSA) is 62.6 Å². The van der Waals surface area contributed by atoms with Crippen LogP contribution in [0.1, 0.15) is 16.8 Å². The molecule has 26 heavy (non-hydrogen) atoms. The Balaban J connectivity index is 1.40. The maximum absolute atomic E-state index is 12.9. The number of aromatic nitrogens is 1. The first-order chi connectivity index (χ1) is 12.5. The van der Waals surface area contributed by atoms with Crippen LogP contribution in [0.4, 0.5) is 0 Å². The third kappa shape index (κ3) is 3.54. The van der Waals surface area contributed by atoms with E-state index in [1.165, 1.54) is 0 Å². The highest BCUT2D eigenvalue weighted by Crippen LogP contribution is 2.20. The molecule has 6 nitrogen and oxygen atoms in total. The Kier molecular flexibility index (Phi) is 4.58. The van der Waals surface area contributed by atoms with Gasteiger partial charge in [-0.25, -0.2) is 8.42 Å². The predicted molar refractivity (Wildman–Crippen MR) is 100 cm³/mol. The zero-order valence-corrected chi connectivity index (χ0v) is 15.4. The van der Waals surface area contributed by atoms with Gasteiger partial charge in [-0.15, -0.1) is 0 Å². The van der Waals surface area contributed by atoms with E-state index >= 15 is 0 Å². The average molecular weight is 373 g/mol. The largest absolute Gasteiger partial charge is 0.336 e. The smallest absolute Gasteiger partial charge is 0.254 e. The maximum atomic E-state index is 12.9. The Morgan fingerprint density at radius 1 is 1.00 bits per heavy atom. The number of amides is 1. The highest BCUT2D eigenvalue weighted by atomic mass is 32.2. The molecule has 4 rings (SSSR count). The fourth-order valence-corrected chi connectivity index (χ4v) is 5.60. The van der Waals surface area contributed by atoms with E-state index in [0.29, 0.717) is 24.4 Å². The first-order valence-corrected chi connectivity index (χ1v) is 10.8. The Hall–Kier alpha value is -2.12. The first-order valence-electron chi connectivity index (χ1n) is 8.99. The van der Waals surface area contributed by atoms with Crippen LogP contribution in [-0.2, 0) is 9.84 Å². The minimum absolute atomic E-state index is 0.0395. The van der Waals surface area contributed by atoms with Crippen molar-refractivity contribution in [1.29, 1.82) is 0 Å². The molecular formula is C19H23N3O3S. The zero-order chi connectivity index (χ0) is 18.1. The average Bonchev–Trinajstić information content (AvgIpc) is 3.31. The van der Waals surface area contributed by atoms with Crippen LogP contribution in [0.3, 0.4) is 0 Å². The summed E-state index contributed by atoms with van der Waals surface area (Å²) in [7, 11) is -2.87. The van der Waals surface area contributed by atoms with Gasteiger partial charge in [-0.1, -0.05) is 6.07 Å². The number of hydrogen-bond donors (Lipinski definition) is 0. The third-order valence-corrected chi connectivity index (χ3v) is 7.07. The first kappa shape index (κ1) is 17.3. The lowest BCUT2D eigenvalue weighted by molar-refractivity contribution is 0.0588. The zero-order valence-electron chi connectivity index (χ0n) is 14.6. The molecule has 0 unspecified atom stereocenters. The fraction of sp³-hybridized carbons (Fsp3) is 0.421. The Morgan fingerprint density at radius 2 is 1.73 bits per heavy atom. The minimum Gasteiger partial charge on any atom is -0.336 e. The van der Waals surface area contributed by atoms with Gasteiger partial charge in [0.15, 0.2) is 9.84 Å². The molecule has 1 amide bonds. The van der Waals surface area contributed by atoms with E-state index in [4.69, 9.17) is 0 Å². The molecule has 2 saturated heterocycles. The second kappa shape index (κ2) is 6.89. The molecule has 0 radical (unpaired) electrons. The Morgan fingerprint density at radius 3 is 2.38 bits per heavy atom. The molecule has 0 bridgehead atoms. The number of hydrogen-bond acceptors (Lipinski definition) is 4. The normalized spacial score (nSPS) is 23.2. The van der Waals surface area contributed by atoms with E-state index in [9.17, 15) is 13.2 Å². The second-order valence-electron chi connectivity index (χ2n) is 7.03. The van der Waals surface area contributed by atoms with Gasteiger partial charge in [-0.05, 0) is 36.8 Å². The van der Waals surface area contributed by atoms with Crippen LogP contribution in [0.15, 0.2) is 48.8 Å². The summed E-state index contributed by atoms with van der Waals surface area (Å²) < 4.78 is 25.3. The van der Waals surface area contributed by atoms with Crippen molar-refractivity contribution >= 4 is 15.7 Å². The summed E-state index contributed by atoms with van der Waals surface area (Å²) >= 11 is 0. The van der Waals surface area contributed by atoms with Crippen molar-refractivity contribution in [2.24, 2.45) is 0 Å². The van der Waals surface area contributed by atoms with Gasteiger partial charge in [0.05, 0.1) is 11.5 Å². The van der Waals surface area contributed by atoms with Crippen molar-refractivity contribution < 1.29 is 13.2 Å². The van der Waals surface area contributed by atoms with Crippen molar-refractivity contribution in [3.8, 4) is 5.69 Å². The number of benzene rings is 1. The maximum Gasteiger partial charge on any atom is 0.254 e. The molecule has 2 aliphatic heterocycles. The van der Waals surface area contributed by atoms with E-state index in [0.717, 1.165) is 25.2 Å². The van der Waals surface area contributed by atoms with E-state index < -0.39 is 9.84 Å². The Labute approximate surface area is 153 Å². The molecule has 1 atom stereocenters. The lowest BCUT2D eigenvalue weighted by Gasteiger charge is -2.37. The molecule has 0 N–H and O–H groups in total. The number of sulfone groups is 1. The fourth-order valence-electron chi connectivity index (χ4n) is 3.84. The monoisotopic (exact) mass is 373 g/mol. The summed E-state index contributed by atoms with van der Waals surface area (Å²) in [4.78, 5) is 17.0. The Bertz CT molecular complexity index is 885. The van der Waals surface area contributed by atoms with Crippen LogP contribution in [0.5, 0.6) is 0 Å². The summed E-state index contributed by atoms with van der Waals surface area (Å²) in [5, 5.41) is 0. The summed E-state index contributed by atoms with van der Waals surface area (Å²) in [5.41, 5.74) is 1.66. The van der Waals surface area contributed by atoms with Crippen molar-refractivity contribution in [3.05, 3.63) is 54.4 Å². The SMILES string of the molecule is O=C(c1cccc(-n2cccc2)c1)N1CCN([C@H]2CCS(=O)(=O)C2)CC1. The number of piperazine rings is 1. The van der Waals surface area contributed by atoms with Crippen LogP contribution in [0.2, 0.25) is 0 Å². The molecule has 0 aliphatic carbocycles. The molecular weight excluding hydrogens is 350 g/mol. The van der Waals surface area contributed by atoms with Crippen LogP contribution >= 0.6 is 0 Å². The quantitative estimate of drug-likeness (QED) is 0.816. The molecule has 1 aromatic heterocycles. The van der Waals surface area contributed by atoms with E-state index in [2.05, 4.69) is 4.90 Å². The van der Waals surface area contributed by atoms with Gasteiger partial charge in [0.1, 0.15) is 0 Å². The van der Waals surface area contributed by atoms with Gasteiger partial charge in [0.25, 0.3) is 5.91 Å². The summed E-state index contributed by atoms with van der Waals surface area (Å²) in [6, 6.07) is 11.7. The molecule has 1 aromatic carbocycles. The van der Waals surface area contributed by atoms with Crippen LogP contribution in [0, 0.1) is 0 Å². The summed E-state index contributed by atoms with van der Waals surface area (Å²) in [5.74, 6) is 0.598. The predicted octanol–water partition coefficient (Wildman–Crippen LogP) is 1.42. The van der Waals surface area contributed by atoms with Crippen LogP contribution in [-0.4, -0.2) is 72.4 Å². The van der Waals surface area contributed by atoms with E-state index in [1.54, 1.807) is 0 Å². The van der Waals surface area contributed by atoms with Gasteiger partial charge >= 0.3 is 0 Å². The minimum atomic E-state index is -2.87. The van der Waals surface area contributed by atoms with Gasteiger partial charge < -0.3 is 9.47 Å². The molecule has 0 spiro atoms. The van der Waals surface area contributed by atoms with E-state index in [1.807, 2.05) is 58.3 Å². The van der Waals surface area contributed by atoms with Crippen molar-refractivity contribution in [3.63, 3.8) is 0 Å². The molecule has 2 aromatic rings. The van der Waals surface area contributed by atoms with Crippen molar-refractivity contribution in [1.82, 2.24) is 14.4 Å². The second-order valence-corrected chi connectivity index (χ2v) is 9.25. The highest BCUT2D eigenvalue weighted by Gasteiger charge is 2.34. The third-order valence-electron chi connectivity index (χ3n) is 5.32. The molecule has 2 aliphatic rings. The van der Waals surface area contributed by atoms with Crippen LogP contribution < -0.4 is 0 Å². The summed E-state index contributed by atoms with van der Waals surface area (Å²) in [6.07, 6.45) is 4.63. The molecule has 7 heteroatoms. The molecule has 2 fully saturated rings. The van der Waals surface area contributed by atoms with Gasteiger partial charge in [-0.2, -0.15) is 0 Å². The van der Waals surface area contributed by atoms with Gasteiger partial charge in [0, 0.05) is 55.9 Å². The lowest BCUT2D eigenvalue weighted by atomic mass is 10.1. The number of nitrogens with zero attached hydrogens (tertiary/aromatic N) is 3. The number of carbonyl (C=O) groups excluding carboxylic acids is 1. The van der Waals surface area contributed by atoms with E-state index in [-0.39, 0.29) is 17.7 Å². The molecule has 3 heterocycles. The highest BCUT2D eigenvalue weighted by molar-refractivity contribution is 7.91. The summed E-state index contributed by atoms with van der Waals surface area (Å²) in [6.45, 7) is 2.76. The van der Waals surface area contributed by atoms with Crippen molar-refractivity contribution in [2.75, 3.05) is 37.7 Å². The van der Waals surface area contributed by atoms with Crippen LogP contribution in [0.25, 0.3) is 5.69 Å². The van der Waals surface area contributed by atoms with Gasteiger partial charge in [-0.3, -0.25) is 9.69 Å². The lowest BCUT2D eigenvalue weighted by Crippen LogP contribution is -2.52. The molecule has 0 saturated carbocycles. The number of carbonyl (C=O) groups is 1. The number of rotatable bonds is 3. The van der Waals surface area contributed by atoms with Gasteiger partial charge in [0.2, 0.25) is 0 Å².